The van der Waals surface area contributed by atoms with Crippen LogP contribution in [0.15, 0.2) is 59.3 Å². The zero-order valence-corrected chi connectivity index (χ0v) is 15.2. The predicted octanol–water partition coefficient (Wildman–Crippen LogP) is 4.92. The third-order valence-electron chi connectivity index (χ3n) is 3.89. The molecule has 27 heavy (non-hydrogen) atoms. The number of hydrogen-bond donors (Lipinski definition) is 2. The SMILES string of the molecule is O=C(Nc1ccc2nc(-c3cc(F)ccc3F)[nH]c2c1)c1cncc(Br)c1. The van der Waals surface area contributed by atoms with Gasteiger partial charge >= 0.3 is 0 Å². The first-order valence-corrected chi connectivity index (χ1v) is 8.66. The molecule has 2 aromatic carbocycles. The first-order valence-electron chi connectivity index (χ1n) is 7.87. The number of pyridine rings is 1. The third-order valence-corrected chi connectivity index (χ3v) is 4.32. The number of hydrogen-bond acceptors (Lipinski definition) is 3. The summed E-state index contributed by atoms with van der Waals surface area (Å²) >= 11 is 3.27. The monoisotopic (exact) mass is 428 g/mol. The van der Waals surface area contributed by atoms with E-state index in [-0.39, 0.29) is 17.3 Å². The average molecular weight is 429 g/mol. The van der Waals surface area contributed by atoms with E-state index in [0.717, 1.165) is 18.2 Å². The third kappa shape index (κ3) is 3.56. The number of rotatable bonds is 3. The van der Waals surface area contributed by atoms with Crippen LogP contribution in [-0.4, -0.2) is 20.9 Å². The van der Waals surface area contributed by atoms with E-state index in [9.17, 15) is 13.6 Å². The Balaban J connectivity index is 1.65. The van der Waals surface area contributed by atoms with Gasteiger partial charge < -0.3 is 10.3 Å². The van der Waals surface area contributed by atoms with Gasteiger partial charge in [0.1, 0.15) is 17.5 Å². The zero-order chi connectivity index (χ0) is 19.0. The maximum absolute atomic E-state index is 14.0. The molecule has 0 unspecified atom stereocenters. The first kappa shape index (κ1) is 17.3. The molecule has 134 valence electrons. The highest BCUT2D eigenvalue weighted by molar-refractivity contribution is 9.10. The second-order valence-corrected chi connectivity index (χ2v) is 6.70. The number of halogens is 3. The molecule has 4 rings (SSSR count). The second kappa shape index (κ2) is 6.88. The van der Waals surface area contributed by atoms with Crippen molar-refractivity contribution in [2.45, 2.75) is 0 Å². The molecule has 0 saturated carbocycles. The van der Waals surface area contributed by atoms with Crippen LogP contribution in [0.1, 0.15) is 10.4 Å². The van der Waals surface area contributed by atoms with Crippen LogP contribution in [0.25, 0.3) is 22.4 Å². The molecule has 0 spiro atoms. The lowest BCUT2D eigenvalue weighted by Crippen LogP contribution is -2.12. The van der Waals surface area contributed by atoms with Crippen LogP contribution >= 0.6 is 15.9 Å². The van der Waals surface area contributed by atoms with E-state index in [1.807, 2.05) is 0 Å². The summed E-state index contributed by atoms with van der Waals surface area (Å²) in [6.45, 7) is 0. The Morgan fingerprint density at radius 3 is 2.74 bits per heavy atom. The molecule has 0 atom stereocenters. The van der Waals surface area contributed by atoms with E-state index in [0.29, 0.717) is 26.8 Å². The Morgan fingerprint density at radius 2 is 1.93 bits per heavy atom. The minimum absolute atomic E-state index is 0.0389. The fraction of sp³-hybridized carbons (Fsp3) is 0. The highest BCUT2D eigenvalue weighted by Crippen LogP contribution is 2.25. The fourth-order valence-electron chi connectivity index (χ4n) is 2.63. The van der Waals surface area contributed by atoms with Crippen LogP contribution in [0.2, 0.25) is 0 Å². The topological polar surface area (TPSA) is 70.7 Å². The van der Waals surface area contributed by atoms with E-state index >= 15 is 0 Å². The summed E-state index contributed by atoms with van der Waals surface area (Å²) in [5.74, 6) is -1.24. The maximum Gasteiger partial charge on any atom is 0.257 e. The number of imidazole rings is 1. The number of amides is 1. The van der Waals surface area contributed by atoms with Gasteiger partial charge in [0.15, 0.2) is 0 Å². The minimum Gasteiger partial charge on any atom is -0.338 e. The molecular formula is C19H11BrF2N4O. The summed E-state index contributed by atoms with van der Waals surface area (Å²) in [5.41, 5.74) is 2.12. The average Bonchev–Trinajstić information content (AvgIpc) is 3.07. The van der Waals surface area contributed by atoms with Crippen molar-refractivity contribution in [3.8, 4) is 11.4 Å². The van der Waals surface area contributed by atoms with E-state index < -0.39 is 11.6 Å². The highest BCUT2D eigenvalue weighted by atomic mass is 79.9. The molecule has 2 heterocycles. The van der Waals surface area contributed by atoms with Gasteiger partial charge in [-0.25, -0.2) is 13.8 Å². The lowest BCUT2D eigenvalue weighted by atomic mass is 10.2. The number of nitrogens with one attached hydrogen (secondary N) is 2. The van der Waals surface area contributed by atoms with Gasteiger partial charge in [0.05, 0.1) is 22.2 Å². The molecule has 0 saturated heterocycles. The minimum atomic E-state index is -0.578. The quantitative estimate of drug-likeness (QED) is 0.486. The molecule has 0 fully saturated rings. The Bertz CT molecular complexity index is 1180. The molecule has 0 aliphatic heterocycles. The Hall–Kier alpha value is -3.13. The Morgan fingerprint density at radius 1 is 1.07 bits per heavy atom. The number of nitrogens with zero attached hydrogens (tertiary/aromatic N) is 2. The van der Waals surface area contributed by atoms with Crippen molar-refractivity contribution >= 4 is 38.6 Å². The molecule has 2 aromatic heterocycles. The Kier molecular flexibility index (Phi) is 4.41. The lowest BCUT2D eigenvalue weighted by Gasteiger charge is -2.05. The van der Waals surface area contributed by atoms with E-state index in [1.54, 1.807) is 30.5 Å². The number of fused-ring (bicyclic) bond motifs is 1. The molecule has 1 amide bonds. The maximum atomic E-state index is 14.0. The van der Waals surface area contributed by atoms with Crippen molar-refractivity contribution in [2.75, 3.05) is 5.32 Å². The van der Waals surface area contributed by atoms with Gasteiger partial charge in [0, 0.05) is 22.6 Å². The number of benzene rings is 2. The van der Waals surface area contributed by atoms with Crippen LogP contribution < -0.4 is 5.32 Å². The van der Waals surface area contributed by atoms with E-state index in [4.69, 9.17) is 0 Å². The van der Waals surface area contributed by atoms with Gasteiger partial charge in [-0.2, -0.15) is 0 Å². The zero-order valence-electron chi connectivity index (χ0n) is 13.6. The number of aromatic amines is 1. The van der Waals surface area contributed by atoms with E-state index in [1.165, 1.54) is 6.20 Å². The molecule has 4 aromatic rings. The van der Waals surface area contributed by atoms with Crippen LogP contribution in [0.5, 0.6) is 0 Å². The molecule has 0 aliphatic rings. The summed E-state index contributed by atoms with van der Waals surface area (Å²) in [5, 5.41) is 2.77. The van der Waals surface area contributed by atoms with Crippen LogP contribution in [0.3, 0.4) is 0 Å². The summed E-state index contributed by atoms with van der Waals surface area (Å²) in [6, 6.07) is 9.87. The molecule has 0 aliphatic carbocycles. The summed E-state index contributed by atoms with van der Waals surface area (Å²) in [6.07, 6.45) is 3.04. The van der Waals surface area contributed by atoms with Crippen molar-refractivity contribution in [3.05, 3.63) is 76.5 Å². The van der Waals surface area contributed by atoms with Crippen LogP contribution in [0.4, 0.5) is 14.5 Å². The number of carbonyl (C=O) groups is 1. The van der Waals surface area contributed by atoms with Gasteiger partial charge in [-0.15, -0.1) is 0 Å². The van der Waals surface area contributed by atoms with Crippen molar-refractivity contribution in [2.24, 2.45) is 0 Å². The molecule has 8 heteroatoms. The molecular weight excluding hydrogens is 418 g/mol. The van der Waals surface area contributed by atoms with Crippen LogP contribution in [0, 0.1) is 11.6 Å². The standard InChI is InChI=1S/C19H11BrF2N4O/c20-11-5-10(8-23-9-11)19(27)24-13-2-4-16-17(7-13)26-18(25-16)14-6-12(21)1-3-15(14)22/h1-9H,(H,24,27)(H,25,26). The number of aromatic nitrogens is 3. The number of H-pyrrole nitrogens is 1. The first-order chi connectivity index (χ1) is 13.0. The van der Waals surface area contributed by atoms with Crippen LogP contribution in [-0.2, 0) is 0 Å². The molecule has 0 bridgehead atoms. The van der Waals surface area contributed by atoms with Gasteiger partial charge in [0.25, 0.3) is 5.91 Å². The normalized spacial score (nSPS) is 10.9. The fourth-order valence-corrected chi connectivity index (χ4v) is 3.00. The van der Waals surface area contributed by atoms with Crippen molar-refractivity contribution in [1.29, 1.82) is 0 Å². The Labute approximate surface area is 160 Å². The van der Waals surface area contributed by atoms with Gasteiger partial charge in [-0.3, -0.25) is 9.78 Å². The van der Waals surface area contributed by atoms with Gasteiger partial charge in [-0.1, -0.05) is 0 Å². The predicted molar refractivity (Wildman–Crippen MR) is 101 cm³/mol. The summed E-state index contributed by atoms with van der Waals surface area (Å²) in [4.78, 5) is 23.5. The number of anilines is 1. The summed E-state index contributed by atoms with van der Waals surface area (Å²) in [7, 11) is 0. The molecule has 2 N–H and O–H groups in total. The smallest absolute Gasteiger partial charge is 0.257 e. The highest BCUT2D eigenvalue weighted by Gasteiger charge is 2.13. The molecule has 0 radical (unpaired) electrons. The van der Waals surface area contributed by atoms with E-state index in [2.05, 4.69) is 36.2 Å². The van der Waals surface area contributed by atoms with Gasteiger partial charge in [0.2, 0.25) is 0 Å². The largest absolute Gasteiger partial charge is 0.338 e. The molecule has 5 nitrogen and oxygen atoms in total. The number of carbonyl (C=O) groups excluding carboxylic acids is 1. The van der Waals surface area contributed by atoms with Crippen molar-refractivity contribution in [1.82, 2.24) is 15.0 Å². The van der Waals surface area contributed by atoms with Crippen molar-refractivity contribution < 1.29 is 13.6 Å². The second-order valence-electron chi connectivity index (χ2n) is 5.79. The van der Waals surface area contributed by atoms with Crippen molar-refractivity contribution in [3.63, 3.8) is 0 Å². The van der Waals surface area contributed by atoms with Gasteiger partial charge in [-0.05, 0) is 58.4 Å². The summed E-state index contributed by atoms with van der Waals surface area (Å²) < 4.78 is 28.1. The lowest BCUT2D eigenvalue weighted by molar-refractivity contribution is 0.102.